The lowest BCUT2D eigenvalue weighted by molar-refractivity contribution is 0.0651. The average molecular weight is 353 g/mol. The molecule has 0 bridgehead atoms. The van der Waals surface area contributed by atoms with Gasteiger partial charge in [-0.2, -0.15) is 0 Å². The van der Waals surface area contributed by atoms with Gasteiger partial charge in [0.2, 0.25) is 0 Å². The molecular weight excluding hydrogens is 330 g/mol. The summed E-state index contributed by atoms with van der Waals surface area (Å²) in [6.45, 7) is 5.75. The van der Waals surface area contributed by atoms with Gasteiger partial charge in [0, 0.05) is 12.6 Å². The maximum atomic E-state index is 12.9. The van der Waals surface area contributed by atoms with Crippen LogP contribution in [0.25, 0.3) is 0 Å². The van der Waals surface area contributed by atoms with Crippen LogP contribution in [0.15, 0.2) is 36.4 Å². The molecule has 1 saturated heterocycles. The molecule has 1 aliphatic heterocycles. The predicted octanol–water partition coefficient (Wildman–Crippen LogP) is 1.26. The number of sulfone groups is 1. The Morgan fingerprint density at radius 3 is 2.71 bits per heavy atom. The molecule has 0 aromatic heterocycles. The largest absolute Gasteiger partial charge is 0.488 e. The van der Waals surface area contributed by atoms with E-state index in [2.05, 4.69) is 6.58 Å². The molecule has 2 rings (SSSR count). The van der Waals surface area contributed by atoms with Crippen molar-refractivity contribution in [2.24, 2.45) is 0 Å². The van der Waals surface area contributed by atoms with E-state index in [9.17, 15) is 18.3 Å². The van der Waals surface area contributed by atoms with Crippen LogP contribution in [-0.2, 0) is 9.84 Å². The number of carbonyl (C=O) groups is 1. The van der Waals surface area contributed by atoms with Gasteiger partial charge in [-0.05, 0) is 31.1 Å². The van der Waals surface area contributed by atoms with Crippen molar-refractivity contribution in [3.63, 3.8) is 0 Å². The Hall–Kier alpha value is -1.86. The normalized spacial score (nSPS) is 19.0. The summed E-state index contributed by atoms with van der Waals surface area (Å²) in [7, 11) is -3.12. The van der Waals surface area contributed by atoms with Gasteiger partial charge in [0.25, 0.3) is 5.91 Å². The van der Waals surface area contributed by atoms with Crippen molar-refractivity contribution in [1.29, 1.82) is 0 Å². The fourth-order valence-corrected chi connectivity index (χ4v) is 4.43. The van der Waals surface area contributed by atoms with Gasteiger partial charge < -0.3 is 14.7 Å². The SMILES string of the molecule is C=C(C)COc1ccccc1C(=O)N(CCO)[C@@H]1CCS(=O)(=O)C1. The molecule has 24 heavy (non-hydrogen) atoms. The maximum Gasteiger partial charge on any atom is 0.257 e. The standard InChI is InChI=1S/C17H23NO5S/c1-13(2)11-23-16-6-4-3-5-15(16)17(20)18(8-9-19)14-7-10-24(21,22)12-14/h3-6,14,19H,1,7-12H2,2H3/t14-/m1/s1. The smallest absolute Gasteiger partial charge is 0.257 e. The monoisotopic (exact) mass is 353 g/mol. The number of benzene rings is 1. The second kappa shape index (κ2) is 7.81. The van der Waals surface area contributed by atoms with Crippen molar-refractivity contribution in [1.82, 2.24) is 4.90 Å². The first-order chi connectivity index (χ1) is 11.3. The van der Waals surface area contributed by atoms with Crippen molar-refractivity contribution in [2.45, 2.75) is 19.4 Å². The number of nitrogens with zero attached hydrogens (tertiary/aromatic N) is 1. The second-order valence-electron chi connectivity index (χ2n) is 6.02. The van der Waals surface area contributed by atoms with Crippen LogP contribution in [0.2, 0.25) is 0 Å². The molecule has 1 amide bonds. The van der Waals surface area contributed by atoms with Gasteiger partial charge in [-0.1, -0.05) is 18.7 Å². The lowest BCUT2D eigenvalue weighted by atomic mass is 10.1. The van der Waals surface area contributed by atoms with Crippen LogP contribution in [0, 0.1) is 0 Å². The molecule has 7 heteroatoms. The van der Waals surface area contributed by atoms with Gasteiger partial charge in [0.05, 0.1) is 23.7 Å². The summed E-state index contributed by atoms with van der Waals surface area (Å²) in [5.41, 5.74) is 1.18. The number of amides is 1. The number of rotatable bonds is 7. The van der Waals surface area contributed by atoms with E-state index in [-0.39, 0.29) is 30.6 Å². The number of hydrogen-bond acceptors (Lipinski definition) is 5. The van der Waals surface area contributed by atoms with Gasteiger partial charge in [-0.3, -0.25) is 4.79 Å². The van der Waals surface area contributed by atoms with E-state index in [1.54, 1.807) is 24.3 Å². The van der Waals surface area contributed by atoms with Gasteiger partial charge in [0.1, 0.15) is 12.4 Å². The van der Waals surface area contributed by atoms with Crippen molar-refractivity contribution in [3.05, 3.63) is 42.0 Å². The Morgan fingerprint density at radius 2 is 2.12 bits per heavy atom. The molecule has 1 heterocycles. The Kier molecular flexibility index (Phi) is 6.01. The topological polar surface area (TPSA) is 83.9 Å². The van der Waals surface area contributed by atoms with Crippen molar-refractivity contribution < 1.29 is 23.1 Å². The first kappa shape index (κ1) is 18.5. The molecule has 0 aliphatic carbocycles. The van der Waals surface area contributed by atoms with E-state index in [1.807, 2.05) is 6.92 Å². The van der Waals surface area contributed by atoms with Crippen molar-refractivity contribution in [2.75, 3.05) is 31.3 Å². The van der Waals surface area contributed by atoms with Crippen LogP contribution in [0.4, 0.5) is 0 Å². The van der Waals surface area contributed by atoms with E-state index in [0.29, 0.717) is 24.3 Å². The van der Waals surface area contributed by atoms with E-state index in [0.717, 1.165) is 5.57 Å². The zero-order valence-corrected chi connectivity index (χ0v) is 14.6. The summed E-state index contributed by atoms with van der Waals surface area (Å²) in [5.74, 6) is 0.103. The van der Waals surface area contributed by atoms with Crippen LogP contribution in [0.3, 0.4) is 0 Å². The molecule has 1 aromatic carbocycles. The minimum Gasteiger partial charge on any atom is -0.488 e. The minimum atomic E-state index is -3.12. The van der Waals surface area contributed by atoms with E-state index < -0.39 is 15.9 Å². The lowest BCUT2D eigenvalue weighted by Gasteiger charge is -2.28. The summed E-state index contributed by atoms with van der Waals surface area (Å²) >= 11 is 0. The quantitative estimate of drug-likeness (QED) is 0.746. The summed E-state index contributed by atoms with van der Waals surface area (Å²) in [4.78, 5) is 14.4. The third-order valence-electron chi connectivity index (χ3n) is 3.84. The number of aliphatic hydroxyl groups excluding tert-OH is 1. The minimum absolute atomic E-state index is 0.0620. The predicted molar refractivity (Wildman–Crippen MR) is 91.9 cm³/mol. The van der Waals surface area contributed by atoms with E-state index in [1.165, 1.54) is 4.90 Å². The van der Waals surface area contributed by atoms with Crippen LogP contribution in [0.1, 0.15) is 23.7 Å². The first-order valence-electron chi connectivity index (χ1n) is 7.82. The van der Waals surface area contributed by atoms with Crippen LogP contribution >= 0.6 is 0 Å². The number of aliphatic hydroxyl groups is 1. The third kappa shape index (κ3) is 4.58. The summed E-state index contributed by atoms with van der Waals surface area (Å²) in [6.07, 6.45) is 0.392. The summed E-state index contributed by atoms with van der Waals surface area (Å²) in [5, 5.41) is 9.28. The number of carbonyl (C=O) groups excluding carboxylic acids is 1. The highest BCUT2D eigenvalue weighted by Gasteiger charge is 2.35. The molecule has 1 atom stereocenters. The van der Waals surface area contributed by atoms with Gasteiger partial charge >= 0.3 is 0 Å². The first-order valence-corrected chi connectivity index (χ1v) is 9.64. The molecule has 1 aliphatic rings. The van der Waals surface area contributed by atoms with E-state index >= 15 is 0 Å². The Balaban J connectivity index is 2.25. The Bertz CT molecular complexity index is 713. The van der Waals surface area contributed by atoms with Crippen molar-refractivity contribution in [3.8, 4) is 5.75 Å². The summed E-state index contributed by atoms with van der Waals surface area (Å²) in [6, 6.07) is 6.41. The molecule has 132 valence electrons. The Labute approximate surface area is 142 Å². The van der Waals surface area contributed by atoms with E-state index in [4.69, 9.17) is 4.74 Å². The average Bonchev–Trinajstić information content (AvgIpc) is 2.90. The Morgan fingerprint density at radius 1 is 1.42 bits per heavy atom. The van der Waals surface area contributed by atoms with Crippen molar-refractivity contribution >= 4 is 15.7 Å². The number of para-hydroxylation sites is 1. The molecular formula is C17H23NO5S. The highest BCUT2D eigenvalue weighted by molar-refractivity contribution is 7.91. The van der Waals surface area contributed by atoms with Crippen LogP contribution in [0.5, 0.6) is 5.75 Å². The molecule has 1 N–H and O–H groups in total. The van der Waals surface area contributed by atoms with Gasteiger partial charge in [-0.25, -0.2) is 8.42 Å². The fraction of sp³-hybridized carbons (Fsp3) is 0.471. The molecule has 1 aromatic rings. The third-order valence-corrected chi connectivity index (χ3v) is 5.59. The molecule has 6 nitrogen and oxygen atoms in total. The zero-order chi connectivity index (χ0) is 17.7. The van der Waals surface area contributed by atoms with Gasteiger partial charge in [0.15, 0.2) is 9.84 Å². The number of hydrogen-bond donors (Lipinski definition) is 1. The summed E-state index contributed by atoms with van der Waals surface area (Å²) < 4.78 is 29.1. The van der Waals surface area contributed by atoms with Crippen LogP contribution in [-0.4, -0.2) is 61.6 Å². The fourth-order valence-electron chi connectivity index (χ4n) is 2.70. The highest BCUT2D eigenvalue weighted by atomic mass is 32.2. The number of ether oxygens (including phenoxy) is 1. The maximum absolute atomic E-state index is 12.9. The van der Waals surface area contributed by atoms with Crippen LogP contribution < -0.4 is 4.74 Å². The highest BCUT2D eigenvalue weighted by Crippen LogP contribution is 2.24. The molecule has 0 unspecified atom stereocenters. The molecule has 1 fully saturated rings. The van der Waals surface area contributed by atoms with Gasteiger partial charge in [-0.15, -0.1) is 0 Å². The second-order valence-corrected chi connectivity index (χ2v) is 8.25. The molecule has 0 saturated carbocycles. The lowest BCUT2D eigenvalue weighted by Crippen LogP contribution is -2.43. The zero-order valence-electron chi connectivity index (χ0n) is 13.8. The molecule has 0 spiro atoms. The molecule has 0 radical (unpaired) electrons.